The van der Waals surface area contributed by atoms with Crippen molar-refractivity contribution in [2.45, 2.75) is 44.2 Å². The average molecular weight is 192 g/mol. The van der Waals surface area contributed by atoms with Crippen molar-refractivity contribution in [2.24, 2.45) is 29.6 Å². The van der Waals surface area contributed by atoms with Crippen LogP contribution in [-0.4, -0.2) is 24.4 Å². The first kappa shape index (κ1) is 7.24. The Morgan fingerprint density at radius 1 is 0.857 bits per heavy atom. The zero-order chi connectivity index (χ0) is 9.02. The van der Waals surface area contributed by atoms with Gasteiger partial charge in [-0.2, -0.15) is 0 Å². The van der Waals surface area contributed by atoms with Crippen LogP contribution in [0.4, 0.5) is 0 Å². The van der Waals surface area contributed by atoms with Gasteiger partial charge in [0.2, 0.25) is 0 Å². The zero-order valence-corrected chi connectivity index (χ0v) is 8.43. The van der Waals surface area contributed by atoms with Crippen LogP contribution >= 0.6 is 0 Å². The molecule has 5 rings (SSSR count). The molecule has 0 aromatic rings. The van der Waals surface area contributed by atoms with Crippen molar-refractivity contribution >= 4 is 0 Å². The van der Waals surface area contributed by atoms with Gasteiger partial charge in [-0.05, 0) is 42.4 Å². The molecular formula is C12H16O2. The van der Waals surface area contributed by atoms with Crippen LogP contribution in [-0.2, 0) is 9.47 Å². The fraction of sp³-hybridized carbons (Fsp3) is 1.00. The molecular weight excluding hydrogens is 176 g/mol. The number of epoxide rings is 2. The summed E-state index contributed by atoms with van der Waals surface area (Å²) in [5.74, 6) is 4.65. The molecule has 0 aromatic carbocycles. The molecule has 0 radical (unpaired) electrons. The topological polar surface area (TPSA) is 25.1 Å². The molecule has 2 heterocycles. The van der Waals surface area contributed by atoms with Gasteiger partial charge < -0.3 is 9.47 Å². The molecule has 3 aliphatic carbocycles. The summed E-state index contributed by atoms with van der Waals surface area (Å²) in [5.41, 5.74) is 0. The van der Waals surface area contributed by atoms with Crippen LogP contribution in [0, 0.1) is 29.6 Å². The van der Waals surface area contributed by atoms with E-state index in [1.807, 2.05) is 0 Å². The van der Waals surface area contributed by atoms with Crippen molar-refractivity contribution in [2.75, 3.05) is 0 Å². The summed E-state index contributed by atoms with van der Waals surface area (Å²) in [6, 6.07) is 0. The van der Waals surface area contributed by atoms with E-state index in [-0.39, 0.29) is 0 Å². The highest BCUT2D eigenvalue weighted by atomic mass is 16.6. The van der Waals surface area contributed by atoms with Gasteiger partial charge in [-0.3, -0.25) is 0 Å². The number of ether oxygens (including phenoxy) is 2. The lowest BCUT2D eigenvalue weighted by Gasteiger charge is -2.25. The monoisotopic (exact) mass is 192 g/mol. The van der Waals surface area contributed by atoms with Gasteiger partial charge in [-0.1, -0.05) is 6.92 Å². The van der Waals surface area contributed by atoms with Crippen LogP contribution in [0.15, 0.2) is 0 Å². The molecule has 5 fully saturated rings. The molecule has 2 nitrogen and oxygen atoms in total. The van der Waals surface area contributed by atoms with E-state index in [2.05, 4.69) is 6.92 Å². The van der Waals surface area contributed by atoms with Crippen molar-refractivity contribution in [3.63, 3.8) is 0 Å². The third-order valence-corrected chi connectivity index (χ3v) is 5.78. The van der Waals surface area contributed by atoms with E-state index in [0.29, 0.717) is 24.4 Å². The lowest BCUT2D eigenvalue weighted by atomic mass is 9.77. The molecule has 76 valence electrons. The molecule has 0 N–H and O–H groups in total. The Hall–Kier alpha value is -0.0800. The second-order valence-electron chi connectivity index (χ2n) is 6.09. The van der Waals surface area contributed by atoms with Crippen molar-refractivity contribution < 1.29 is 9.47 Å². The minimum absolute atomic E-state index is 0.656. The molecule has 3 saturated carbocycles. The van der Waals surface area contributed by atoms with Gasteiger partial charge in [0, 0.05) is 0 Å². The van der Waals surface area contributed by atoms with Crippen LogP contribution in [0.25, 0.3) is 0 Å². The van der Waals surface area contributed by atoms with E-state index < -0.39 is 0 Å². The van der Waals surface area contributed by atoms with Crippen molar-refractivity contribution in [3.05, 3.63) is 0 Å². The molecule has 9 atom stereocenters. The number of hydrogen-bond donors (Lipinski definition) is 0. The maximum absolute atomic E-state index is 5.80. The second kappa shape index (κ2) is 1.92. The predicted molar refractivity (Wildman–Crippen MR) is 49.7 cm³/mol. The lowest BCUT2D eigenvalue weighted by Crippen LogP contribution is -2.27. The minimum atomic E-state index is 0.656. The Balaban J connectivity index is 1.62. The van der Waals surface area contributed by atoms with Crippen LogP contribution in [0.1, 0.15) is 19.8 Å². The average Bonchev–Trinajstić information content (AvgIpc) is 3.01. The summed E-state index contributed by atoms with van der Waals surface area (Å²) in [6.45, 7) is 2.46. The van der Waals surface area contributed by atoms with Gasteiger partial charge in [-0.25, -0.2) is 0 Å². The standard InChI is InChI=1S/C12H16O2/c1-4-5-2-7-11(13-7)9(4)6-3-8-12(14-8)10(5)6/h4-12H,2-3H2,1H3. The summed E-state index contributed by atoms with van der Waals surface area (Å²) in [5, 5.41) is 0. The Morgan fingerprint density at radius 3 is 2.29 bits per heavy atom. The first-order valence-corrected chi connectivity index (χ1v) is 6.15. The smallest absolute Gasteiger partial charge is 0.0875 e. The van der Waals surface area contributed by atoms with Crippen molar-refractivity contribution in [1.82, 2.24) is 0 Å². The molecule has 2 saturated heterocycles. The Bertz CT molecular complexity index is 311. The van der Waals surface area contributed by atoms with Crippen LogP contribution in [0.2, 0.25) is 0 Å². The maximum Gasteiger partial charge on any atom is 0.0875 e. The van der Waals surface area contributed by atoms with Crippen LogP contribution in [0.5, 0.6) is 0 Å². The van der Waals surface area contributed by atoms with Gasteiger partial charge in [0.05, 0.1) is 24.4 Å². The van der Waals surface area contributed by atoms with E-state index in [1.165, 1.54) is 12.8 Å². The maximum atomic E-state index is 5.80. The molecule has 0 aromatic heterocycles. The first-order valence-electron chi connectivity index (χ1n) is 6.15. The van der Waals surface area contributed by atoms with E-state index in [4.69, 9.17) is 9.47 Å². The quantitative estimate of drug-likeness (QED) is 0.543. The highest BCUT2D eigenvalue weighted by Crippen LogP contribution is 2.68. The zero-order valence-electron chi connectivity index (χ0n) is 8.43. The van der Waals surface area contributed by atoms with Crippen LogP contribution < -0.4 is 0 Å². The van der Waals surface area contributed by atoms with Gasteiger partial charge in [0.15, 0.2) is 0 Å². The molecule has 5 aliphatic rings. The minimum Gasteiger partial charge on any atom is -0.369 e. The van der Waals surface area contributed by atoms with E-state index in [9.17, 15) is 0 Å². The molecule has 9 unspecified atom stereocenters. The number of hydrogen-bond acceptors (Lipinski definition) is 2. The van der Waals surface area contributed by atoms with E-state index >= 15 is 0 Å². The summed E-state index contributed by atoms with van der Waals surface area (Å²) < 4.78 is 11.5. The SMILES string of the molecule is CC1C2CC3OC3C1C1CC3OC3C21. The summed E-state index contributed by atoms with van der Waals surface area (Å²) in [7, 11) is 0. The number of rotatable bonds is 0. The van der Waals surface area contributed by atoms with Gasteiger partial charge in [0.25, 0.3) is 0 Å². The number of fused-ring (bicyclic) bond motifs is 9. The predicted octanol–water partition coefficient (Wildman–Crippen LogP) is 1.44. The van der Waals surface area contributed by atoms with E-state index in [0.717, 1.165) is 29.6 Å². The molecule has 2 heteroatoms. The Labute approximate surface area is 84.0 Å². The van der Waals surface area contributed by atoms with Crippen molar-refractivity contribution in [3.8, 4) is 0 Å². The normalized spacial score (nSPS) is 76.5. The van der Waals surface area contributed by atoms with Crippen molar-refractivity contribution in [1.29, 1.82) is 0 Å². The fourth-order valence-corrected chi connectivity index (χ4v) is 5.22. The fourth-order valence-electron chi connectivity index (χ4n) is 5.22. The molecule has 0 spiro atoms. The largest absolute Gasteiger partial charge is 0.369 e. The van der Waals surface area contributed by atoms with Gasteiger partial charge in [0.1, 0.15) is 0 Å². The molecule has 2 aliphatic heterocycles. The van der Waals surface area contributed by atoms with Gasteiger partial charge in [-0.15, -0.1) is 0 Å². The van der Waals surface area contributed by atoms with Gasteiger partial charge >= 0.3 is 0 Å². The lowest BCUT2D eigenvalue weighted by molar-refractivity contribution is 0.159. The second-order valence-corrected chi connectivity index (χ2v) is 6.09. The Kier molecular flexibility index (Phi) is 0.992. The Morgan fingerprint density at radius 2 is 1.50 bits per heavy atom. The summed E-state index contributed by atoms with van der Waals surface area (Å²) >= 11 is 0. The molecule has 14 heavy (non-hydrogen) atoms. The summed E-state index contributed by atoms with van der Waals surface area (Å²) in [6.07, 6.45) is 5.36. The molecule has 0 amide bonds. The highest BCUT2D eigenvalue weighted by molar-refractivity contribution is 5.18. The third kappa shape index (κ3) is 0.619. The van der Waals surface area contributed by atoms with E-state index in [1.54, 1.807) is 0 Å². The third-order valence-electron chi connectivity index (χ3n) is 5.78. The summed E-state index contributed by atoms with van der Waals surface area (Å²) in [4.78, 5) is 0. The highest BCUT2D eigenvalue weighted by Gasteiger charge is 2.71. The molecule has 2 bridgehead atoms. The van der Waals surface area contributed by atoms with Crippen LogP contribution in [0.3, 0.4) is 0 Å². The first-order chi connectivity index (χ1) is 6.84.